The van der Waals surface area contributed by atoms with Crippen molar-refractivity contribution in [3.63, 3.8) is 0 Å². The van der Waals surface area contributed by atoms with Crippen molar-refractivity contribution in [1.29, 1.82) is 0 Å². The van der Waals surface area contributed by atoms with Gasteiger partial charge in [0, 0.05) is 18.7 Å². The normalized spacial score (nSPS) is 24.8. The number of nitrogens with one attached hydrogen (secondary N) is 2. The Balaban J connectivity index is 1.61. The van der Waals surface area contributed by atoms with Crippen LogP contribution >= 0.6 is 0 Å². The molecule has 11 heteroatoms. The molecule has 32 heavy (non-hydrogen) atoms. The zero-order valence-electron chi connectivity index (χ0n) is 18.1. The van der Waals surface area contributed by atoms with E-state index in [2.05, 4.69) is 25.3 Å². The topological polar surface area (TPSA) is 100 Å². The van der Waals surface area contributed by atoms with E-state index >= 15 is 0 Å². The van der Waals surface area contributed by atoms with E-state index in [1.807, 2.05) is 0 Å². The van der Waals surface area contributed by atoms with Crippen LogP contribution in [0.15, 0.2) is 23.3 Å². The van der Waals surface area contributed by atoms with E-state index in [1.165, 1.54) is 0 Å². The van der Waals surface area contributed by atoms with E-state index in [1.54, 1.807) is 4.57 Å². The number of aromatic amines is 1. The van der Waals surface area contributed by atoms with Crippen LogP contribution in [0.2, 0.25) is 0 Å². The van der Waals surface area contributed by atoms with E-state index in [0.29, 0.717) is 63.1 Å². The molecule has 0 spiro atoms. The number of aromatic nitrogens is 4. The maximum Gasteiger partial charge on any atom is 0.224 e. The average molecular weight is 449 g/mol. The van der Waals surface area contributed by atoms with Gasteiger partial charge in [-0.05, 0) is 32.1 Å². The van der Waals surface area contributed by atoms with Crippen molar-refractivity contribution >= 4 is 22.8 Å². The number of ether oxygens (including phenoxy) is 1. The molecule has 2 aliphatic rings. The second-order valence-electron chi connectivity index (χ2n) is 8.15. The van der Waals surface area contributed by atoms with Crippen LogP contribution in [0.1, 0.15) is 39.5 Å². The van der Waals surface area contributed by atoms with Crippen molar-refractivity contribution in [3.8, 4) is 0 Å². The van der Waals surface area contributed by atoms with Crippen molar-refractivity contribution in [2.75, 3.05) is 18.5 Å². The molecule has 3 aromatic rings. The summed E-state index contributed by atoms with van der Waals surface area (Å²) in [4.78, 5) is 16.3. The molecule has 0 bridgehead atoms. The van der Waals surface area contributed by atoms with Crippen molar-refractivity contribution in [2.24, 2.45) is 4.99 Å². The number of aliphatic hydroxyl groups excluding tert-OH is 1. The lowest BCUT2D eigenvalue weighted by Crippen LogP contribution is -2.25. The number of halogens is 3. The summed E-state index contributed by atoms with van der Waals surface area (Å²) in [6, 6.07) is 0.928. The molecule has 3 N–H and O–H groups in total. The smallest absolute Gasteiger partial charge is 0.224 e. The highest BCUT2D eigenvalue weighted by Gasteiger charge is 2.26. The number of benzene rings is 1. The van der Waals surface area contributed by atoms with E-state index in [4.69, 9.17) is 6.11 Å². The van der Waals surface area contributed by atoms with Crippen LogP contribution < -0.4 is 10.9 Å². The van der Waals surface area contributed by atoms with Gasteiger partial charge in [0.25, 0.3) is 0 Å². The third-order valence-corrected chi connectivity index (χ3v) is 5.89. The van der Waals surface area contributed by atoms with E-state index < -0.39 is 23.1 Å². The zero-order chi connectivity index (χ0) is 23.1. The number of fused-ring (bicyclic) bond motifs is 1. The lowest BCUT2D eigenvalue weighted by atomic mass is 9.94. The highest BCUT2D eigenvalue weighted by molar-refractivity contribution is 5.75. The van der Waals surface area contributed by atoms with Gasteiger partial charge in [-0.2, -0.15) is 0 Å². The molecule has 0 radical (unpaired) electrons. The van der Waals surface area contributed by atoms with E-state index in [0.717, 1.165) is 0 Å². The van der Waals surface area contributed by atoms with E-state index in [-0.39, 0.29) is 41.4 Å². The molecule has 1 saturated heterocycles. The summed E-state index contributed by atoms with van der Waals surface area (Å²) < 4.78 is 57.5. The molecular formula is C21H23F3N6O2. The summed E-state index contributed by atoms with van der Waals surface area (Å²) in [5, 5.41) is 12.3. The molecule has 2 fully saturated rings. The lowest BCUT2D eigenvalue weighted by Gasteiger charge is -2.21. The Morgan fingerprint density at radius 2 is 1.94 bits per heavy atom. The summed E-state index contributed by atoms with van der Waals surface area (Å²) in [5.74, 6) is -3.15. The Kier molecular flexibility index (Phi) is 5.27. The van der Waals surface area contributed by atoms with Gasteiger partial charge in [-0.25, -0.2) is 28.1 Å². The molecule has 1 saturated carbocycles. The van der Waals surface area contributed by atoms with Gasteiger partial charge in [-0.3, -0.25) is 4.57 Å². The Labute approximate surface area is 182 Å². The molecule has 1 aliphatic carbocycles. The van der Waals surface area contributed by atoms with Gasteiger partial charge >= 0.3 is 0 Å². The first-order valence-corrected chi connectivity index (χ1v) is 10.6. The predicted molar refractivity (Wildman–Crippen MR) is 110 cm³/mol. The van der Waals surface area contributed by atoms with Crippen LogP contribution in [0.5, 0.6) is 0 Å². The largest absolute Gasteiger partial charge is 0.393 e. The zero-order valence-corrected chi connectivity index (χ0v) is 17.1. The van der Waals surface area contributed by atoms with Gasteiger partial charge in [-0.15, -0.1) is 0 Å². The van der Waals surface area contributed by atoms with Crippen LogP contribution in [0, 0.1) is 17.5 Å². The van der Waals surface area contributed by atoms with Gasteiger partial charge in [-0.1, -0.05) is 0 Å². The molecule has 0 unspecified atom stereocenters. The molecule has 0 amide bonds. The first kappa shape index (κ1) is 19.7. The SMILES string of the molecule is [2H]c1nc(=NC2CCC(O)CC2)[nH]c2c1nc(Nc1c(F)cc(F)cc1F)n2[C@H]1CCOC1. The standard InChI is InChI=1S/C21H23F3N6O2/c22-11-7-15(23)18(16(24)8-11)28-21-27-17-9-25-20(26-12-1-3-14(31)4-2-12)29-19(17)30(21)13-5-6-32-10-13/h7-9,12-14,31H,1-6,10H2,(H,27,28)(H,25,26,29)/t12?,13-,14?/m0/s1/i9D. The summed E-state index contributed by atoms with van der Waals surface area (Å²) in [6.45, 7) is 0.856. The highest BCUT2D eigenvalue weighted by atomic mass is 19.1. The van der Waals surface area contributed by atoms with Crippen LogP contribution in [0.25, 0.3) is 11.2 Å². The predicted octanol–water partition coefficient (Wildman–Crippen LogP) is 3.09. The summed E-state index contributed by atoms with van der Waals surface area (Å²) in [5.41, 5.74) is 0.326. The molecule has 1 atom stereocenters. The maximum atomic E-state index is 14.3. The number of aliphatic hydroxyl groups is 1. The third kappa shape index (κ3) is 4.09. The maximum absolute atomic E-state index is 14.3. The molecule has 170 valence electrons. The summed E-state index contributed by atoms with van der Waals surface area (Å²) >= 11 is 0. The fraction of sp³-hybridized carbons (Fsp3) is 0.476. The Bertz CT molecular complexity index is 1230. The number of hydrogen-bond donors (Lipinski definition) is 3. The second kappa shape index (κ2) is 8.55. The minimum atomic E-state index is -1.10. The van der Waals surface area contributed by atoms with Gasteiger partial charge in [0.05, 0.1) is 32.3 Å². The number of imidazole rings is 1. The number of anilines is 2. The first-order chi connectivity index (χ1) is 15.9. The number of nitrogens with zero attached hydrogens (tertiary/aromatic N) is 4. The van der Waals surface area contributed by atoms with Crippen molar-refractivity contribution < 1.29 is 24.4 Å². The molecule has 8 nitrogen and oxygen atoms in total. The van der Waals surface area contributed by atoms with E-state index in [9.17, 15) is 18.3 Å². The van der Waals surface area contributed by atoms with Gasteiger partial charge in [0.1, 0.15) is 22.7 Å². The van der Waals surface area contributed by atoms with Gasteiger partial charge in [0.15, 0.2) is 11.6 Å². The van der Waals surface area contributed by atoms with Crippen LogP contribution in [-0.4, -0.2) is 50.0 Å². The first-order valence-electron chi connectivity index (χ1n) is 11.1. The third-order valence-electron chi connectivity index (χ3n) is 5.89. The van der Waals surface area contributed by atoms with Crippen molar-refractivity contribution in [3.05, 3.63) is 41.4 Å². The second-order valence-corrected chi connectivity index (χ2v) is 8.15. The Hall–Kier alpha value is -2.92. The van der Waals surface area contributed by atoms with Crippen LogP contribution in [0.3, 0.4) is 0 Å². The van der Waals surface area contributed by atoms with Crippen molar-refractivity contribution in [2.45, 2.75) is 50.3 Å². The monoisotopic (exact) mass is 449 g/mol. The van der Waals surface area contributed by atoms with Crippen LogP contribution in [0.4, 0.5) is 24.8 Å². The number of H-pyrrole nitrogens is 1. The summed E-state index contributed by atoms with van der Waals surface area (Å²) in [6.07, 6.45) is 2.92. The van der Waals surface area contributed by atoms with Gasteiger partial charge in [0.2, 0.25) is 11.6 Å². The molecule has 3 heterocycles. The Morgan fingerprint density at radius 3 is 2.62 bits per heavy atom. The molecule has 1 aliphatic heterocycles. The highest BCUT2D eigenvalue weighted by Crippen LogP contribution is 2.31. The fourth-order valence-corrected chi connectivity index (χ4v) is 4.23. The van der Waals surface area contributed by atoms with Gasteiger partial charge < -0.3 is 20.1 Å². The summed E-state index contributed by atoms with van der Waals surface area (Å²) in [7, 11) is 0. The molecular weight excluding hydrogens is 425 g/mol. The quantitative estimate of drug-likeness (QED) is 0.569. The molecule has 1 aromatic carbocycles. The number of rotatable bonds is 4. The van der Waals surface area contributed by atoms with Crippen LogP contribution in [-0.2, 0) is 4.74 Å². The molecule has 5 rings (SSSR count). The minimum absolute atomic E-state index is 0.0276. The minimum Gasteiger partial charge on any atom is -0.393 e. The lowest BCUT2D eigenvalue weighted by molar-refractivity contribution is 0.123. The average Bonchev–Trinajstić information content (AvgIpc) is 3.40. The number of hydrogen-bond acceptors (Lipinski definition) is 6. The van der Waals surface area contributed by atoms with Crippen molar-refractivity contribution in [1.82, 2.24) is 19.5 Å². The Morgan fingerprint density at radius 1 is 1.19 bits per heavy atom. The fourth-order valence-electron chi connectivity index (χ4n) is 4.23. The molecule has 2 aromatic heterocycles.